The number of likely N-dealkylation sites (N-methyl/N-ethyl adjacent to an activating group) is 1. The Bertz CT molecular complexity index is 761. The van der Waals surface area contributed by atoms with Gasteiger partial charge in [-0.3, -0.25) is 4.90 Å². The molecule has 2 aliphatic heterocycles. The van der Waals surface area contributed by atoms with E-state index in [4.69, 9.17) is 0 Å². The zero-order valence-electron chi connectivity index (χ0n) is 19.9. The summed E-state index contributed by atoms with van der Waals surface area (Å²) < 4.78 is 14.9. The summed E-state index contributed by atoms with van der Waals surface area (Å²) in [5.74, 6) is -0.262. The molecule has 1 aliphatic carbocycles. The molecule has 1 saturated carbocycles. The molecule has 1 aromatic rings. The summed E-state index contributed by atoms with van der Waals surface area (Å²) in [4.78, 5) is 21.9. The van der Waals surface area contributed by atoms with E-state index >= 15 is 0 Å². The highest BCUT2D eigenvalue weighted by Gasteiger charge is 2.28. The topological polar surface area (TPSA) is 42.1 Å². The van der Waals surface area contributed by atoms with Crippen LogP contribution in [0.5, 0.6) is 0 Å². The Kier molecular flexibility index (Phi) is 7.89. The minimum atomic E-state index is -0.262. The quantitative estimate of drug-likeness (QED) is 0.753. The number of urea groups is 1. The van der Waals surface area contributed by atoms with E-state index in [1.54, 1.807) is 0 Å². The summed E-state index contributed by atoms with van der Waals surface area (Å²) in [5.41, 5.74) is 1.16. The van der Waals surface area contributed by atoms with Gasteiger partial charge < -0.3 is 20.0 Å². The molecule has 2 amide bonds. The number of carbonyl (C=O) groups is 1. The first kappa shape index (κ1) is 23.3. The molecule has 4 rings (SSSR count). The summed E-state index contributed by atoms with van der Waals surface area (Å²) in [6.07, 6.45) is 9.28. The Hall–Kier alpha value is -1.86. The van der Waals surface area contributed by atoms with Crippen molar-refractivity contribution in [1.29, 1.82) is 0 Å². The smallest absolute Gasteiger partial charge is 0.321 e. The van der Waals surface area contributed by atoms with Gasteiger partial charge in [0.05, 0.1) is 5.69 Å². The number of amides is 2. The fourth-order valence-corrected chi connectivity index (χ4v) is 5.53. The molecule has 0 bridgehead atoms. The molecule has 0 aromatic heterocycles. The van der Waals surface area contributed by atoms with Gasteiger partial charge in [-0.15, -0.1) is 0 Å². The van der Waals surface area contributed by atoms with Crippen molar-refractivity contribution < 1.29 is 9.18 Å². The lowest BCUT2D eigenvalue weighted by Crippen LogP contribution is -2.52. The summed E-state index contributed by atoms with van der Waals surface area (Å²) in [6, 6.07) is 5.84. The molecular formula is C25H40FN5O. The first-order chi connectivity index (χ1) is 15.5. The zero-order chi connectivity index (χ0) is 22.5. The lowest BCUT2D eigenvalue weighted by molar-refractivity contribution is 0.0948. The number of hydrogen-bond donors (Lipinski definition) is 1. The largest absolute Gasteiger partial charge is 0.369 e. The predicted octanol–water partition coefficient (Wildman–Crippen LogP) is 4.23. The maximum atomic E-state index is 14.9. The van der Waals surface area contributed by atoms with Crippen LogP contribution in [0.4, 0.5) is 20.6 Å². The van der Waals surface area contributed by atoms with Gasteiger partial charge in [0.1, 0.15) is 5.82 Å². The Labute approximate surface area is 192 Å². The molecule has 0 unspecified atom stereocenters. The van der Waals surface area contributed by atoms with Crippen molar-refractivity contribution in [3.8, 4) is 0 Å². The van der Waals surface area contributed by atoms with Gasteiger partial charge in [0.2, 0.25) is 0 Å². The molecule has 1 N–H and O–H groups in total. The molecule has 0 radical (unpaired) electrons. The normalized spacial score (nSPS) is 24.2. The summed E-state index contributed by atoms with van der Waals surface area (Å²) in [6.45, 7) is 5.82. The number of carbonyl (C=O) groups excluding carboxylic acids is 1. The van der Waals surface area contributed by atoms with Gasteiger partial charge in [0.25, 0.3) is 0 Å². The number of piperazine rings is 1. The first-order valence-corrected chi connectivity index (χ1v) is 12.5. The molecular weight excluding hydrogens is 405 g/mol. The lowest BCUT2D eigenvalue weighted by Gasteiger charge is -2.39. The Morgan fingerprint density at radius 2 is 1.72 bits per heavy atom. The molecule has 178 valence electrons. The summed E-state index contributed by atoms with van der Waals surface area (Å²) in [5, 5.41) is 2.96. The zero-order valence-corrected chi connectivity index (χ0v) is 19.9. The molecule has 0 spiro atoms. The van der Waals surface area contributed by atoms with E-state index in [1.165, 1.54) is 25.3 Å². The highest BCUT2D eigenvalue weighted by atomic mass is 19.1. The second kappa shape index (κ2) is 10.8. The number of nitrogens with one attached hydrogen (secondary N) is 1. The van der Waals surface area contributed by atoms with Crippen molar-refractivity contribution in [1.82, 2.24) is 14.7 Å². The molecule has 2 saturated heterocycles. The van der Waals surface area contributed by atoms with E-state index < -0.39 is 0 Å². The second-order valence-electron chi connectivity index (χ2n) is 9.93. The van der Waals surface area contributed by atoms with Crippen LogP contribution in [0.25, 0.3) is 0 Å². The Morgan fingerprint density at radius 1 is 1.00 bits per heavy atom. The van der Waals surface area contributed by atoms with Crippen LogP contribution in [0.1, 0.15) is 51.4 Å². The van der Waals surface area contributed by atoms with E-state index in [9.17, 15) is 9.18 Å². The van der Waals surface area contributed by atoms with Crippen LogP contribution in [0.2, 0.25) is 0 Å². The van der Waals surface area contributed by atoms with Crippen LogP contribution < -0.4 is 10.2 Å². The van der Waals surface area contributed by atoms with E-state index in [-0.39, 0.29) is 11.8 Å². The molecule has 6 nitrogen and oxygen atoms in total. The van der Waals surface area contributed by atoms with Crippen molar-refractivity contribution in [2.45, 2.75) is 63.5 Å². The van der Waals surface area contributed by atoms with Crippen LogP contribution in [0.3, 0.4) is 0 Å². The van der Waals surface area contributed by atoms with Crippen molar-refractivity contribution in [2.24, 2.45) is 0 Å². The van der Waals surface area contributed by atoms with Gasteiger partial charge in [-0.2, -0.15) is 0 Å². The van der Waals surface area contributed by atoms with Gasteiger partial charge in [-0.1, -0.05) is 25.7 Å². The van der Waals surface area contributed by atoms with Crippen molar-refractivity contribution in [3.63, 3.8) is 0 Å². The molecule has 1 aromatic carbocycles. The third kappa shape index (κ3) is 5.73. The summed E-state index contributed by atoms with van der Waals surface area (Å²) in [7, 11) is 4.16. The Balaban J connectivity index is 1.36. The van der Waals surface area contributed by atoms with Gasteiger partial charge in [0.15, 0.2) is 0 Å². The third-order valence-electron chi connectivity index (χ3n) is 7.69. The average Bonchev–Trinajstić information content (AvgIpc) is 3.06. The molecule has 3 aliphatic rings. The molecule has 32 heavy (non-hydrogen) atoms. The van der Waals surface area contributed by atoms with Gasteiger partial charge in [0, 0.05) is 64.1 Å². The minimum absolute atomic E-state index is 0.112. The van der Waals surface area contributed by atoms with Crippen LogP contribution in [-0.4, -0.2) is 86.2 Å². The maximum absolute atomic E-state index is 14.9. The molecule has 1 atom stereocenters. The average molecular weight is 446 g/mol. The summed E-state index contributed by atoms with van der Waals surface area (Å²) >= 11 is 0. The predicted molar refractivity (Wildman–Crippen MR) is 129 cm³/mol. The third-order valence-corrected chi connectivity index (χ3v) is 7.69. The van der Waals surface area contributed by atoms with E-state index in [2.05, 4.69) is 27.1 Å². The number of likely N-dealkylation sites (tertiary alicyclic amines) is 1. The first-order valence-electron chi connectivity index (χ1n) is 12.5. The number of hydrogen-bond acceptors (Lipinski definition) is 4. The number of nitrogens with zero attached hydrogens (tertiary/aromatic N) is 4. The number of rotatable bonds is 4. The number of halogens is 1. The van der Waals surface area contributed by atoms with Crippen LogP contribution in [0, 0.1) is 5.82 Å². The second-order valence-corrected chi connectivity index (χ2v) is 9.93. The lowest BCUT2D eigenvalue weighted by atomic mass is 9.94. The van der Waals surface area contributed by atoms with Gasteiger partial charge in [-0.05, 0) is 50.9 Å². The van der Waals surface area contributed by atoms with E-state index in [1.807, 2.05) is 24.1 Å². The van der Waals surface area contributed by atoms with Crippen LogP contribution in [-0.2, 0) is 0 Å². The monoisotopic (exact) mass is 445 g/mol. The number of anilines is 2. The van der Waals surface area contributed by atoms with Crippen molar-refractivity contribution in [2.75, 3.05) is 63.6 Å². The van der Waals surface area contributed by atoms with E-state index in [0.717, 1.165) is 71.4 Å². The van der Waals surface area contributed by atoms with Gasteiger partial charge >= 0.3 is 6.03 Å². The molecule has 2 heterocycles. The fourth-order valence-electron chi connectivity index (χ4n) is 5.53. The molecule has 7 heteroatoms. The van der Waals surface area contributed by atoms with Crippen molar-refractivity contribution >= 4 is 17.4 Å². The minimum Gasteiger partial charge on any atom is -0.369 e. The van der Waals surface area contributed by atoms with E-state index in [0.29, 0.717) is 23.5 Å². The standard InChI is InChI=1S/C25H40FN5O/c1-28-14-16-30(17-15-28)22-10-6-7-13-31(19-22)25(32)27-20-11-12-24(23(26)18-20)29(2)21-8-4-3-5-9-21/h11-12,18,21-22H,3-10,13-17,19H2,1-2H3,(H,27,32)/t22-/m0/s1. The number of benzene rings is 1. The highest BCUT2D eigenvalue weighted by Crippen LogP contribution is 2.29. The van der Waals surface area contributed by atoms with Gasteiger partial charge in [-0.25, -0.2) is 9.18 Å². The molecule has 3 fully saturated rings. The van der Waals surface area contributed by atoms with Crippen molar-refractivity contribution in [3.05, 3.63) is 24.0 Å². The Morgan fingerprint density at radius 3 is 2.44 bits per heavy atom. The maximum Gasteiger partial charge on any atom is 0.321 e. The highest BCUT2D eigenvalue weighted by molar-refractivity contribution is 5.89. The SMILES string of the molecule is CN1CCN([C@H]2CCCCN(C(=O)Nc3ccc(N(C)C4CCCCC4)c(F)c3)C2)CC1. The van der Waals surface area contributed by atoms with Crippen LogP contribution in [0.15, 0.2) is 18.2 Å². The van der Waals surface area contributed by atoms with Crippen LogP contribution >= 0.6 is 0 Å². The fraction of sp³-hybridized carbons (Fsp3) is 0.720.